The van der Waals surface area contributed by atoms with Crippen molar-refractivity contribution >= 4 is 10.9 Å². The second-order valence-corrected chi connectivity index (χ2v) is 5.38. The predicted molar refractivity (Wildman–Crippen MR) is 77.1 cm³/mol. The maximum atomic E-state index is 9.17. The van der Waals surface area contributed by atoms with Crippen LogP contribution in [0.15, 0.2) is 36.5 Å². The molecular weight excluding hydrogens is 236 g/mol. The van der Waals surface area contributed by atoms with Crippen LogP contribution in [0, 0.1) is 5.92 Å². The largest absolute Gasteiger partial charge is 0.396 e. The average molecular weight is 256 g/mol. The van der Waals surface area contributed by atoms with Gasteiger partial charge in [-0.15, -0.1) is 0 Å². The van der Waals surface area contributed by atoms with Crippen LogP contribution in [0.3, 0.4) is 0 Å². The Labute approximate surface area is 113 Å². The van der Waals surface area contributed by atoms with Gasteiger partial charge in [-0.25, -0.2) is 0 Å². The van der Waals surface area contributed by atoms with E-state index in [9.17, 15) is 5.11 Å². The highest BCUT2D eigenvalue weighted by Gasteiger charge is 2.21. The minimum Gasteiger partial charge on any atom is -0.396 e. The molecule has 1 fully saturated rings. The smallest absolute Gasteiger partial charge is 0.0734 e. The topological polar surface area (TPSA) is 36.4 Å². The SMILES string of the molecule is OCC1CCN(CCc2cccc3cccnc23)C1. The molecular formula is C16H20N2O. The van der Waals surface area contributed by atoms with Gasteiger partial charge in [0, 0.05) is 31.3 Å². The van der Waals surface area contributed by atoms with Gasteiger partial charge in [-0.1, -0.05) is 24.3 Å². The number of pyridine rings is 1. The van der Waals surface area contributed by atoms with E-state index in [0.717, 1.165) is 38.0 Å². The van der Waals surface area contributed by atoms with Crippen molar-refractivity contribution in [2.45, 2.75) is 12.8 Å². The first-order valence-electron chi connectivity index (χ1n) is 7.02. The summed E-state index contributed by atoms with van der Waals surface area (Å²) in [5.74, 6) is 0.477. The Morgan fingerprint density at radius 3 is 3.00 bits per heavy atom. The second kappa shape index (κ2) is 5.68. The highest BCUT2D eigenvalue weighted by atomic mass is 16.3. The molecule has 0 aliphatic carbocycles. The third kappa shape index (κ3) is 2.77. The van der Waals surface area contributed by atoms with Crippen LogP contribution in [0.2, 0.25) is 0 Å². The van der Waals surface area contributed by atoms with E-state index in [1.165, 1.54) is 10.9 Å². The predicted octanol–water partition coefficient (Wildman–Crippen LogP) is 2.09. The summed E-state index contributed by atoms with van der Waals surface area (Å²) < 4.78 is 0. The molecule has 1 atom stereocenters. The summed E-state index contributed by atoms with van der Waals surface area (Å²) in [6.07, 6.45) is 4.03. The van der Waals surface area contributed by atoms with Crippen molar-refractivity contribution in [3.8, 4) is 0 Å². The molecule has 1 aromatic carbocycles. The number of nitrogens with zero attached hydrogens (tertiary/aromatic N) is 2. The Kier molecular flexibility index (Phi) is 3.76. The van der Waals surface area contributed by atoms with Crippen molar-refractivity contribution < 1.29 is 5.11 Å². The second-order valence-electron chi connectivity index (χ2n) is 5.38. The molecule has 1 unspecified atom stereocenters. The van der Waals surface area contributed by atoms with Gasteiger partial charge in [0.05, 0.1) is 5.52 Å². The fourth-order valence-corrected chi connectivity index (χ4v) is 2.91. The summed E-state index contributed by atoms with van der Waals surface area (Å²) in [4.78, 5) is 6.95. The Morgan fingerprint density at radius 1 is 1.26 bits per heavy atom. The lowest BCUT2D eigenvalue weighted by Gasteiger charge is -2.15. The molecule has 0 saturated carbocycles. The Hall–Kier alpha value is -1.45. The van der Waals surface area contributed by atoms with Crippen LogP contribution in [0.5, 0.6) is 0 Å². The van der Waals surface area contributed by atoms with Crippen molar-refractivity contribution in [1.82, 2.24) is 9.88 Å². The minimum absolute atomic E-state index is 0.326. The molecule has 3 rings (SSSR count). The Bertz CT molecular complexity index is 550. The zero-order valence-corrected chi connectivity index (χ0v) is 11.1. The fourth-order valence-electron chi connectivity index (χ4n) is 2.91. The summed E-state index contributed by atoms with van der Waals surface area (Å²) in [7, 11) is 0. The minimum atomic E-state index is 0.326. The third-order valence-corrected chi connectivity index (χ3v) is 4.04. The lowest BCUT2D eigenvalue weighted by Crippen LogP contribution is -2.24. The molecule has 0 radical (unpaired) electrons. The van der Waals surface area contributed by atoms with Crippen LogP contribution in [-0.2, 0) is 6.42 Å². The number of benzene rings is 1. The van der Waals surface area contributed by atoms with Gasteiger partial charge in [-0.2, -0.15) is 0 Å². The van der Waals surface area contributed by atoms with E-state index in [-0.39, 0.29) is 0 Å². The highest BCUT2D eigenvalue weighted by Crippen LogP contribution is 2.19. The zero-order chi connectivity index (χ0) is 13.1. The number of fused-ring (bicyclic) bond motifs is 1. The number of rotatable bonds is 4. The number of para-hydroxylation sites is 1. The van der Waals surface area contributed by atoms with Gasteiger partial charge in [-0.05, 0) is 36.9 Å². The number of aromatic nitrogens is 1. The van der Waals surface area contributed by atoms with Crippen molar-refractivity contribution in [3.05, 3.63) is 42.1 Å². The van der Waals surface area contributed by atoms with Crippen molar-refractivity contribution in [2.24, 2.45) is 5.92 Å². The monoisotopic (exact) mass is 256 g/mol. The first-order valence-corrected chi connectivity index (χ1v) is 7.02. The third-order valence-electron chi connectivity index (χ3n) is 4.04. The van der Waals surface area contributed by atoms with Crippen molar-refractivity contribution in [3.63, 3.8) is 0 Å². The van der Waals surface area contributed by atoms with E-state index in [2.05, 4.69) is 34.1 Å². The number of aliphatic hydroxyl groups excluding tert-OH is 1. The lowest BCUT2D eigenvalue weighted by atomic mass is 10.1. The molecule has 19 heavy (non-hydrogen) atoms. The van der Waals surface area contributed by atoms with Gasteiger partial charge < -0.3 is 10.0 Å². The van der Waals surface area contributed by atoms with Crippen LogP contribution >= 0.6 is 0 Å². The molecule has 1 saturated heterocycles. The van der Waals surface area contributed by atoms with Gasteiger partial charge in [0.2, 0.25) is 0 Å². The molecule has 0 spiro atoms. The van der Waals surface area contributed by atoms with Gasteiger partial charge in [0.25, 0.3) is 0 Å². The van der Waals surface area contributed by atoms with Crippen molar-refractivity contribution in [1.29, 1.82) is 0 Å². The van der Waals surface area contributed by atoms with E-state index in [1.807, 2.05) is 12.3 Å². The van der Waals surface area contributed by atoms with Gasteiger partial charge in [-0.3, -0.25) is 4.98 Å². The maximum absolute atomic E-state index is 9.17. The lowest BCUT2D eigenvalue weighted by molar-refractivity contribution is 0.222. The number of hydrogen-bond donors (Lipinski definition) is 1. The van der Waals surface area contributed by atoms with E-state index in [0.29, 0.717) is 12.5 Å². The van der Waals surface area contributed by atoms with E-state index >= 15 is 0 Å². The average Bonchev–Trinajstić information content (AvgIpc) is 2.93. The van der Waals surface area contributed by atoms with E-state index in [1.54, 1.807) is 0 Å². The first kappa shape index (κ1) is 12.6. The quantitative estimate of drug-likeness (QED) is 0.910. The van der Waals surface area contributed by atoms with Gasteiger partial charge in [0.1, 0.15) is 0 Å². The van der Waals surface area contributed by atoms with E-state index < -0.39 is 0 Å². The molecule has 1 aromatic heterocycles. The highest BCUT2D eigenvalue weighted by molar-refractivity contribution is 5.81. The van der Waals surface area contributed by atoms with Gasteiger partial charge >= 0.3 is 0 Å². The first-order chi connectivity index (χ1) is 9.36. The van der Waals surface area contributed by atoms with Gasteiger partial charge in [0.15, 0.2) is 0 Å². The Balaban J connectivity index is 1.69. The van der Waals surface area contributed by atoms with Crippen molar-refractivity contribution in [2.75, 3.05) is 26.2 Å². The zero-order valence-electron chi connectivity index (χ0n) is 11.1. The fraction of sp³-hybridized carbons (Fsp3) is 0.438. The standard InChI is InChI=1S/C16H20N2O/c19-12-13-6-9-18(11-13)10-7-15-4-1-3-14-5-2-8-17-16(14)15/h1-5,8,13,19H,6-7,9-12H2. The van der Waals surface area contributed by atoms with Crippen LogP contribution in [-0.4, -0.2) is 41.2 Å². The van der Waals surface area contributed by atoms with E-state index in [4.69, 9.17) is 0 Å². The molecule has 3 nitrogen and oxygen atoms in total. The summed E-state index contributed by atoms with van der Waals surface area (Å²) in [6, 6.07) is 10.5. The molecule has 2 aromatic rings. The summed E-state index contributed by atoms with van der Waals surface area (Å²) in [5.41, 5.74) is 2.45. The Morgan fingerprint density at radius 2 is 2.16 bits per heavy atom. The molecule has 0 bridgehead atoms. The summed E-state index contributed by atoms with van der Waals surface area (Å²) in [6.45, 7) is 3.54. The molecule has 0 amide bonds. The molecule has 100 valence electrons. The molecule has 1 N–H and O–H groups in total. The molecule has 3 heteroatoms. The summed E-state index contributed by atoms with van der Waals surface area (Å²) in [5, 5.41) is 10.4. The molecule has 2 heterocycles. The number of hydrogen-bond acceptors (Lipinski definition) is 3. The van der Waals surface area contributed by atoms with Crippen LogP contribution < -0.4 is 0 Å². The molecule has 1 aliphatic heterocycles. The normalized spacial score (nSPS) is 20.2. The maximum Gasteiger partial charge on any atom is 0.0734 e. The van der Waals surface area contributed by atoms with Crippen LogP contribution in [0.25, 0.3) is 10.9 Å². The molecule has 1 aliphatic rings. The number of aliphatic hydroxyl groups is 1. The van der Waals surface area contributed by atoms with Crippen LogP contribution in [0.1, 0.15) is 12.0 Å². The number of likely N-dealkylation sites (tertiary alicyclic amines) is 1. The van der Waals surface area contributed by atoms with Crippen LogP contribution in [0.4, 0.5) is 0 Å². The summed E-state index contributed by atoms with van der Waals surface area (Å²) >= 11 is 0.